The molecule has 1 unspecified atom stereocenters. The fraction of sp³-hybridized carbons (Fsp3) is 0.267. The van der Waals surface area contributed by atoms with Gasteiger partial charge >= 0.3 is 5.97 Å². The van der Waals surface area contributed by atoms with Crippen LogP contribution in [0.15, 0.2) is 41.1 Å². The average Bonchev–Trinajstić information content (AvgIpc) is 2.93. The van der Waals surface area contributed by atoms with Crippen LogP contribution in [0.1, 0.15) is 35.8 Å². The smallest absolute Gasteiger partial charge is 0.340 e. The van der Waals surface area contributed by atoms with Gasteiger partial charge < -0.3 is 10.1 Å². The van der Waals surface area contributed by atoms with Crippen molar-refractivity contribution in [2.24, 2.45) is 0 Å². The van der Waals surface area contributed by atoms with Crippen LogP contribution in [0.5, 0.6) is 0 Å². The van der Waals surface area contributed by atoms with Gasteiger partial charge in [0, 0.05) is 11.7 Å². The maximum Gasteiger partial charge on any atom is 0.340 e. The van der Waals surface area contributed by atoms with Crippen LogP contribution in [0.25, 0.3) is 0 Å². The lowest BCUT2D eigenvalue weighted by molar-refractivity contribution is 0.0527. The van der Waals surface area contributed by atoms with Crippen molar-refractivity contribution in [3.8, 4) is 0 Å². The molecule has 4 heteroatoms. The summed E-state index contributed by atoms with van der Waals surface area (Å²) in [4.78, 5) is 11.9. The Balaban J connectivity index is 2.18. The average molecular weight is 275 g/mol. The third kappa shape index (κ3) is 3.35. The van der Waals surface area contributed by atoms with Gasteiger partial charge in [0.15, 0.2) is 0 Å². The molecule has 1 atom stereocenters. The van der Waals surface area contributed by atoms with E-state index in [-0.39, 0.29) is 12.0 Å². The second-order valence-electron chi connectivity index (χ2n) is 4.19. The summed E-state index contributed by atoms with van der Waals surface area (Å²) in [6.45, 7) is 4.26. The normalized spacial score (nSPS) is 11.9. The van der Waals surface area contributed by atoms with Crippen molar-refractivity contribution in [2.75, 3.05) is 11.9 Å². The first-order chi connectivity index (χ1) is 9.22. The van der Waals surface area contributed by atoms with E-state index in [0.717, 1.165) is 5.69 Å². The third-order valence-electron chi connectivity index (χ3n) is 2.84. The van der Waals surface area contributed by atoms with E-state index in [1.165, 1.54) is 5.56 Å². The molecule has 0 aliphatic carbocycles. The van der Waals surface area contributed by atoms with E-state index in [2.05, 4.69) is 23.7 Å². The van der Waals surface area contributed by atoms with Gasteiger partial charge in [-0.3, -0.25) is 0 Å². The number of ether oxygens (including phenoxy) is 1. The van der Waals surface area contributed by atoms with Crippen molar-refractivity contribution in [3.63, 3.8) is 0 Å². The molecule has 0 saturated carbocycles. The van der Waals surface area contributed by atoms with Crippen molar-refractivity contribution in [1.82, 2.24) is 0 Å². The Bertz CT molecular complexity index is 537. The van der Waals surface area contributed by atoms with Crippen LogP contribution in [-0.4, -0.2) is 12.6 Å². The predicted octanol–water partition coefficient (Wildman–Crippen LogP) is 4.10. The lowest BCUT2D eigenvalue weighted by Gasteiger charge is -2.16. The van der Waals surface area contributed by atoms with E-state index in [1.54, 1.807) is 17.4 Å². The van der Waals surface area contributed by atoms with Crippen LogP contribution < -0.4 is 5.32 Å². The van der Waals surface area contributed by atoms with Gasteiger partial charge in [-0.15, -0.1) is 0 Å². The lowest BCUT2D eigenvalue weighted by Crippen LogP contribution is -2.12. The molecule has 0 aliphatic heterocycles. The highest BCUT2D eigenvalue weighted by molar-refractivity contribution is 7.07. The molecule has 0 fully saturated rings. The highest BCUT2D eigenvalue weighted by Crippen LogP contribution is 2.24. The molecule has 0 saturated heterocycles. The predicted molar refractivity (Wildman–Crippen MR) is 78.8 cm³/mol. The number of benzene rings is 1. The quantitative estimate of drug-likeness (QED) is 0.835. The molecule has 1 aromatic carbocycles. The van der Waals surface area contributed by atoms with Gasteiger partial charge in [0.2, 0.25) is 0 Å². The minimum atomic E-state index is -0.289. The lowest BCUT2D eigenvalue weighted by atomic mass is 10.1. The number of anilines is 1. The first kappa shape index (κ1) is 13.6. The van der Waals surface area contributed by atoms with E-state index in [9.17, 15) is 4.79 Å². The molecule has 1 heterocycles. The zero-order chi connectivity index (χ0) is 13.7. The second-order valence-corrected chi connectivity index (χ2v) is 4.97. The van der Waals surface area contributed by atoms with E-state index in [0.29, 0.717) is 12.2 Å². The summed E-state index contributed by atoms with van der Waals surface area (Å²) in [6, 6.07) is 9.66. The molecule has 0 aliphatic rings. The Kier molecular flexibility index (Phi) is 4.58. The number of carbonyl (C=O) groups is 1. The molecule has 2 aromatic rings. The fourth-order valence-electron chi connectivity index (χ4n) is 1.83. The molecule has 0 spiro atoms. The minimum absolute atomic E-state index is 0.154. The number of rotatable bonds is 5. The number of thiophene rings is 1. The SMILES string of the molecule is CCOC(=O)c1ccccc1NC(C)c1ccsc1. The highest BCUT2D eigenvalue weighted by Gasteiger charge is 2.14. The van der Waals surface area contributed by atoms with E-state index in [4.69, 9.17) is 4.74 Å². The number of hydrogen-bond donors (Lipinski definition) is 1. The van der Waals surface area contributed by atoms with Gasteiger partial charge in [-0.25, -0.2) is 4.79 Å². The summed E-state index contributed by atoms with van der Waals surface area (Å²) in [5.74, 6) is -0.289. The zero-order valence-electron chi connectivity index (χ0n) is 11.1. The topological polar surface area (TPSA) is 38.3 Å². The maximum absolute atomic E-state index is 11.9. The van der Waals surface area contributed by atoms with Crippen LogP contribution >= 0.6 is 11.3 Å². The monoisotopic (exact) mass is 275 g/mol. The molecule has 1 N–H and O–H groups in total. The summed E-state index contributed by atoms with van der Waals surface area (Å²) in [6.07, 6.45) is 0. The standard InChI is InChI=1S/C15H17NO2S/c1-3-18-15(17)13-6-4-5-7-14(13)16-11(2)12-8-9-19-10-12/h4-11,16H,3H2,1-2H3. The van der Waals surface area contributed by atoms with Crippen molar-refractivity contribution in [1.29, 1.82) is 0 Å². The molecule has 2 rings (SSSR count). The number of para-hydroxylation sites is 1. The van der Waals surface area contributed by atoms with Gasteiger partial charge in [-0.2, -0.15) is 11.3 Å². The molecule has 3 nitrogen and oxygen atoms in total. The van der Waals surface area contributed by atoms with Gasteiger partial charge in [0.25, 0.3) is 0 Å². The Labute approximate surface area is 117 Å². The van der Waals surface area contributed by atoms with Gasteiger partial charge in [-0.1, -0.05) is 12.1 Å². The summed E-state index contributed by atoms with van der Waals surface area (Å²) >= 11 is 1.67. The molecule has 1 aromatic heterocycles. The van der Waals surface area contributed by atoms with Gasteiger partial charge in [0.05, 0.1) is 12.2 Å². The molecule has 0 radical (unpaired) electrons. The molecule has 19 heavy (non-hydrogen) atoms. The number of esters is 1. The first-order valence-corrected chi connectivity index (χ1v) is 7.21. The zero-order valence-corrected chi connectivity index (χ0v) is 11.9. The van der Waals surface area contributed by atoms with Gasteiger partial charge in [-0.05, 0) is 48.4 Å². The van der Waals surface area contributed by atoms with E-state index in [1.807, 2.05) is 30.5 Å². The van der Waals surface area contributed by atoms with E-state index >= 15 is 0 Å². The van der Waals surface area contributed by atoms with Crippen LogP contribution in [-0.2, 0) is 4.74 Å². The summed E-state index contributed by atoms with van der Waals surface area (Å²) in [7, 11) is 0. The number of carbonyl (C=O) groups excluding carboxylic acids is 1. The van der Waals surface area contributed by atoms with Crippen LogP contribution in [0.3, 0.4) is 0 Å². The second kappa shape index (κ2) is 6.38. The first-order valence-electron chi connectivity index (χ1n) is 6.27. The summed E-state index contributed by atoms with van der Waals surface area (Å²) in [5.41, 5.74) is 2.59. The maximum atomic E-state index is 11.9. The molecular weight excluding hydrogens is 258 g/mol. The third-order valence-corrected chi connectivity index (χ3v) is 3.54. The molecule has 100 valence electrons. The Morgan fingerprint density at radius 2 is 2.16 bits per heavy atom. The van der Waals surface area contributed by atoms with Crippen molar-refractivity contribution in [3.05, 3.63) is 52.2 Å². The van der Waals surface area contributed by atoms with Crippen LogP contribution in [0.4, 0.5) is 5.69 Å². The fourth-order valence-corrected chi connectivity index (χ4v) is 2.59. The summed E-state index contributed by atoms with van der Waals surface area (Å²) < 4.78 is 5.06. The minimum Gasteiger partial charge on any atom is -0.462 e. The highest BCUT2D eigenvalue weighted by atomic mass is 32.1. The Morgan fingerprint density at radius 1 is 1.37 bits per heavy atom. The molecule has 0 amide bonds. The Hall–Kier alpha value is -1.81. The van der Waals surface area contributed by atoms with Crippen molar-refractivity contribution >= 4 is 23.0 Å². The summed E-state index contributed by atoms with van der Waals surface area (Å²) in [5, 5.41) is 7.51. The largest absolute Gasteiger partial charge is 0.462 e. The molecular formula is C15H17NO2S. The van der Waals surface area contributed by atoms with E-state index < -0.39 is 0 Å². The molecule has 0 bridgehead atoms. The van der Waals surface area contributed by atoms with Crippen molar-refractivity contribution < 1.29 is 9.53 Å². The number of hydrogen-bond acceptors (Lipinski definition) is 4. The number of nitrogens with one attached hydrogen (secondary N) is 1. The van der Waals surface area contributed by atoms with Gasteiger partial charge in [0.1, 0.15) is 0 Å². The Morgan fingerprint density at radius 3 is 2.84 bits per heavy atom. The van der Waals surface area contributed by atoms with Crippen LogP contribution in [0.2, 0.25) is 0 Å². The van der Waals surface area contributed by atoms with Crippen molar-refractivity contribution in [2.45, 2.75) is 19.9 Å². The van der Waals surface area contributed by atoms with Crippen LogP contribution in [0, 0.1) is 0 Å².